The molecule has 2 amide bonds. The first-order chi connectivity index (χ1) is 16.2. The van der Waals surface area contributed by atoms with Crippen LogP contribution in [-0.4, -0.2) is 29.9 Å². The number of carbonyl (C=O) groups excluding carboxylic acids is 2. The summed E-state index contributed by atoms with van der Waals surface area (Å²) >= 11 is 1.62. The van der Waals surface area contributed by atoms with Crippen LogP contribution in [0.15, 0.2) is 66.0 Å². The molecule has 1 aliphatic carbocycles. The second-order valence-electron chi connectivity index (χ2n) is 8.74. The van der Waals surface area contributed by atoms with Crippen molar-refractivity contribution in [2.45, 2.75) is 50.2 Å². The Morgan fingerprint density at radius 2 is 1.82 bits per heavy atom. The lowest BCUT2D eigenvalue weighted by molar-refractivity contribution is -0.124. The van der Waals surface area contributed by atoms with Gasteiger partial charge in [-0.15, -0.1) is 11.3 Å². The molecule has 0 unspecified atom stereocenters. The van der Waals surface area contributed by atoms with Crippen LogP contribution in [-0.2, 0) is 11.3 Å². The minimum Gasteiger partial charge on any atom is -0.497 e. The first-order valence-electron chi connectivity index (χ1n) is 11.5. The van der Waals surface area contributed by atoms with Gasteiger partial charge in [0.25, 0.3) is 5.91 Å². The first kappa shape index (κ1) is 21.7. The summed E-state index contributed by atoms with van der Waals surface area (Å²) in [5.74, 6) is 0.341. The number of benzene rings is 2. The van der Waals surface area contributed by atoms with Crippen LogP contribution >= 0.6 is 11.3 Å². The molecule has 2 atom stereocenters. The van der Waals surface area contributed by atoms with E-state index in [1.54, 1.807) is 18.4 Å². The van der Waals surface area contributed by atoms with Gasteiger partial charge in [-0.2, -0.15) is 0 Å². The second-order valence-corrected chi connectivity index (χ2v) is 9.72. The summed E-state index contributed by atoms with van der Waals surface area (Å²) in [4.78, 5) is 30.6. The third-order valence-electron chi connectivity index (χ3n) is 6.84. The molecular formula is C27H28N2O3S. The number of hydrogen-bond donors (Lipinski definition) is 1. The van der Waals surface area contributed by atoms with Gasteiger partial charge < -0.3 is 15.0 Å². The number of methoxy groups -OCH3 is 1. The molecule has 2 aliphatic rings. The van der Waals surface area contributed by atoms with Crippen LogP contribution in [0.3, 0.4) is 0 Å². The fourth-order valence-electron chi connectivity index (χ4n) is 5.22. The van der Waals surface area contributed by atoms with Crippen molar-refractivity contribution in [2.24, 2.45) is 0 Å². The maximum absolute atomic E-state index is 13.8. The molecule has 1 fully saturated rings. The Hall–Kier alpha value is -3.12. The quantitative estimate of drug-likeness (QED) is 0.543. The van der Waals surface area contributed by atoms with E-state index >= 15 is 0 Å². The van der Waals surface area contributed by atoms with Gasteiger partial charge in [0.05, 0.1) is 19.1 Å². The molecule has 0 radical (unpaired) electrons. The monoisotopic (exact) mass is 460 g/mol. The second kappa shape index (κ2) is 9.40. The summed E-state index contributed by atoms with van der Waals surface area (Å²) < 4.78 is 5.23. The van der Waals surface area contributed by atoms with Crippen molar-refractivity contribution in [3.8, 4) is 5.75 Å². The summed E-state index contributed by atoms with van der Waals surface area (Å²) in [5, 5.41) is 5.18. The molecule has 0 spiro atoms. The predicted molar refractivity (Wildman–Crippen MR) is 130 cm³/mol. The molecule has 5 rings (SSSR count). The Balaban J connectivity index is 1.51. The van der Waals surface area contributed by atoms with Crippen LogP contribution in [0.25, 0.3) is 0 Å². The number of rotatable bonds is 6. The zero-order valence-electron chi connectivity index (χ0n) is 18.7. The van der Waals surface area contributed by atoms with Crippen molar-refractivity contribution in [3.63, 3.8) is 0 Å². The zero-order chi connectivity index (χ0) is 22.8. The van der Waals surface area contributed by atoms with Crippen molar-refractivity contribution in [3.05, 3.63) is 87.6 Å². The maximum Gasteiger partial charge on any atom is 0.254 e. The molecular weight excluding hydrogens is 432 g/mol. The van der Waals surface area contributed by atoms with Gasteiger partial charge in [-0.3, -0.25) is 9.59 Å². The summed E-state index contributed by atoms with van der Waals surface area (Å²) in [5.41, 5.74) is 2.48. The van der Waals surface area contributed by atoms with E-state index in [9.17, 15) is 9.59 Å². The first-order valence-corrected chi connectivity index (χ1v) is 12.4. The standard InChI is InChI=1S/C27H28N2O3S/c1-32-20-14-12-18(13-15-20)17-28-26(30)24-21-9-4-5-10-22(21)27(31)29(19-7-2-3-8-19)25(24)23-11-6-16-33-23/h4-6,9-16,19,24-25H,2-3,7-8,17H2,1H3,(H,28,30)/t24-,25-/m1/s1. The van der Waals surface area contributed by atoms with E-state index in [1.165, 1.54) is 0 Å². The highest BCUT2D eigenvalue weighted by Crippen LogP contribution is 2.47. The number of nitrogens with zero attached hydrogens (tertiary/aromatic N) is 1. The molecule has 1 aromatic heterocycles. The van der Waals surface area contributed by atoms with Gasteiger partial charge in [-0.05, 0) is 53.6 Å². The number of nitrogens with one attached hydrogen (secondary N) is 1. The highest BCUT2D eigenvalue weighted by atomic mass is 32.1. The molecule has 2 heterocycles. The highest BCUT2D eigenvalue weighted by Gasteiger charge is 2.47. The summed E-state index contributed by atoms with van der Waals surface area (Å²) in [6, 6.07) is 19.3. The Morgan fingerprint density at radius 1 is 1.06 bits per heavy atom. The van der Waals surface area contributed by atoms with Crippen LogP contribution in [0.5, 0.6) is 5.75 Å². The molecule has 3 aromatic rings. The topological polar surface area (TPSA) is 58.6 Å². The predicted octanol–water partition coefficient (Wildman–Crippen LogP) is 5.30. The number of ether oxygens (including phenoxy) is 1. The van der Waals surface area contributed by atoms with Gasteiger partial charge in [0.15, 0.2) is 0 Å². The van der Waals surface area contributed by atoms with Crippen molar-refractivity contribution >= 4 is 23.2 Å². The van der Waals surface area contributed by atoms with E-state index in [0.29, 0.717) is 12.1 Å². The van der Waals surface area contributed by atoms with Crippen molar-refractivity contribution in [1.29, 1.82) is 0 Å². The molecule has 2 aromatic carbocycles. The van der Waals surface area contributed by atoms with Crippen LogP contribution in [0.1, 0.15) is 64.0 Å². The molecule has 0 bridgehead atoms. The van der Waals surface area contributed by atoms with Crippen molar-refractivity contribution in [2.75, 3.05) is 7.11 Å². The molecule has 1 saturated carbocycles. The van der Waals surface area contributed by atoms with E-state index in [-0.39, 0.29) is 23.9 Å². The van der Waals surface area contributed by atoms with Gasteiger partial charge in [0.2, 0.25) is 5.91 Å². The Labute approximate surface area is 198 Å². The number of amides is 2. The highest BCUT2D eigenvalue weighted by molar-refractivity contribution is 7.10. The number of thiophene rings is 1. The van der Waals surface area contributed by atoms with Crippen molar-refractivity contribution < 1.29 is 14.3 Å². The maximum atomic E-state index is 13.8. The molecule has 33 heavy (non-hydrogen) atoms. The number of hydrogen-bond acceptors (Lipinski definition) is 4. The SMILES string of the molecule is COc1ccc(CNC(=O)[C@@H]2c3ccccc3C(=O)N(C3CCCC3)[C@@H]2c2cccs2)cc1. The third-order valence-corrected chi connectivity index (χ3v) is 7.78. The Morgan fingerprint density at radius 3 is 2.52 bits per heavy atom. The number of carbonyl (C=O) groups is 2. The fraction of sp³-hybridized carbons (Fsp3) is 0.333. The lowest BCUT2D eigenvalue weighted by atomic mass is 9.80. The molecule has 1 N–H and O–H groups in total. The average molecular weight is 461 g/mol. The van der Waals surface area contributed by atoms with Gasteiger partial charge in [0.1, 0.15) is 5.75 Å². The molecule has 170 valence electrons. The van der Waals surface area contributed by atoms with E-state index in [0.717, 1.165) is 47.4 Å². The summed E-state index contributed by atoms with van der Waals surface area (Å²) in [6.45, 7) is 0.427. The van der Waals surface area contributed by atoms with Crippen LogP contribution in [0.2, 0.25) is 0 Å². The normalized spacial score (nSPS) is 20.5. The van der Waals surface area contributed by atoms with E-state index in [4.69, 9.17) is 4.74 Å². The molecule has 1 aliphatic heterocycles. The van der Waals surface area contributed by atoms with Gasteiger partial charge in [0, 0.05) is 23.0 Å². The Kier molecular flexibility index (Phi) is 6.18. The minimum absolute atomic E-state index is 0.0489. The zero-order valence-corrected chi connectivity index (χ0v) is 19.5. The molecule has 6 heteroatoms. The van der Waals surface area contributed by atoms with E-state index in [1.807, 2.05) is 64.9 Å². The largest absolute Gasteiger partial charge is 0.497 e. The van der Waals surface area contributed by atoms with Gasteiger partial charge in [-0.25, -0.2) is 0 Å². The fourth-order valence-corrected chi connectivity index (χ4v) is 6.08. The van der Waals surface area contributed by atoms with Gasteiger partial charge in [-0.1, -0.05) is 49.2 Å². The van der Waals surface area contributed by atoms with E-state index in [2.05, 4.69) is 11.4 Å². The van der Waals surface area contributed by atoms with Crippen LogP contribution in [0, 0.1) is 0 Å². The third kappa shape index (κ3) is 4.15. The Bertz CT molecular complexity index is 1120. The van der Waals surface area contributed by atoms with Crippen LogP contribution < -0.4 is 10.1 Å². The summed E-state index contributed by atoms with van der Waals surface area (Å²) in [6.07, 6.45) is 4.25. The minimum atomic E-state index is -0.448. The lowest BCUT2D eigenvalue weighted by Crippen LogP contribution is -2.50. The lowest BCUT2D eigenvalue weighted by Gasteiger charge is -2.44. The van der Waals surface area contributed by atoms with Crippen LogP contribution in [0.4, 0.5) is 0 Å². The average Bonchev–Trinajstić information content (AvgIpc) is 3.57. The van der Waals surface area contributed by atoms with E-state index < -0.39 is 5.92 Å². The number of fused-ring (bicyclic) bond motifs is 1. The summed E-state index contributed by atoms with van der Waals surface area (Å²) in [7, 11) is 1.64. The van der Waals surface area contributed by atoms with Gasteiger partial charge >= 0.3 is 0 Å². The molecule has 5 nitrogen and oxygen atoms in total. The van der Waals surface area contributed by atoms with Crippen molar-refractivity contribution in [1.82, 2.24) is 10.2 Å². The smallest absolute Gasteiger partial charge is 0.254 e. The molecule has 0 saturated heterocycles.